The minimum Gasteiger partial charge on any atom is -0.478 e. The number of carboxylic acids is 2. The molecule has 25 heavy (non-hydrogen) atoms. The quantitative estimate of drug-likeness (QED) is 0.556. The van der Waals surface area contributed by atoms with Crippen LogP contribution in [0.4, 0.5) is 0 Å². The van der Waals surface area contributed by atoms with Crippen molar-refractivity contribution in [3.63, 3.8) is 0 Å². The summed E-state index contributed by atoms with van der Waals surface area (Å²) in [7, 11) is 0. The van der Waals surface area contributed by atoms with E-state index in [1.807, 2.05) is 0 Å². The van der Waals surface area contributed by atoms with Gasteiger partial charge in [-0.2, -0.15) is 0 Å². The van der Waals surface area contributed by atoms with E-state index in [1.54, 1.807) is 36.5 Å². The third-order valence-electron chi connectivity index (χ3n) is 3.46. The number of carbonyl (C=O) groups is 3. The first-order valence-corrected chi connectivity index (χ1v) is 7.13. The second-order valence-electron chi connectivity index (χ2n) is 5.13. The van der Waals surface area contributed by atoms with Crippen molar-refractivity contribution >= 4 is 28.8 Å². The van der Waals surface area contributed by atoms with Crippen molar-refractivity contribution < 1.29 is 29.3 Å². The number of para-hydroxylation sites is 1. The van der Waals surface area contributed by atoms with Gasteiger partial charge in [0.05, 0.1) is 16.7 Å². The lowest BCUT2D eigenvalue weighted by Crippen LogP contribution is -2.12. The molecule has 3 rings (SSSR count). The van der Waals surface area contributed by atoms with Gasteiger partial charge in [-0.15, -0.1) is 0 Å². The summed E-state index contributed by atoms with van der Waals surface area (Å²) in [4.78, 5) is 38.8. The van der Waals surface area contributed by atoms with Gasteiger partial charge in [-0.25, -0.2) is 14.4 Å². The number of benzene rings is 2. The molecule has 7 nitrogen and oxygen atoms in total. The van der Waals surface area contributed by atoms with Crippen LogP contribution < -0.4 is 4.74 Å². The van der Waals surface area contributed by atoms with E-state index in [2.05, 4.69) is 4.98 Å². The normalized spacial score (nSPS) is 10.4. The summed E-state index contributed by atoms with van der Waals surface area (Å²) in [5.41, 5.74) is -0.345. The number of esters is 1. The van der Waals surface area contributed by atoms with Gasteiger partial charge in [0.15, 0.2) is 5.75 Å². The van der Waals surface area contributed by atoms with Gasteiger partial charge in [0.2, 0.25) is 0 Å². The molecule has 0 bridgehead atoms. The summed E-state index contributed by atoms with van der Waals surface area (Å²) in [6, 6.07) is 11.7. The lowest BCUT2D eigenvalue weighted by molar-refractivity contribution is 0.0696. The van der Waals surface area contributed by atoms with Crippen LogP contribution in [0.25, 0.3) is 10.9 Å². The van der Waals surface area contributed by atoms with Crippen LogP contribution >= 0.6 is 0 Å². The molecule has 0 spiro atoms. The van der Waals surface area contributed by atoms with E-state index in [0.717, 1.165) is 23.6 Å². The van der Waals surface area contributed by atoms with Crippen LogP contribution in [0, 0.1) is 0 Å². The molecule has 0 saturated heterocycles. The Morgan fingerprint density at radius 3 is 2.08 bits per heavy atom. The fraction of sp³-hybridized carbons (Fsp3) is 0. The zero-order valence-electron chi connectivity index (χ0n) is 12.7. The third kappa shape index (κ3) is 3.30. The minimum absolute atomic E-state index is 0.176. The van der Waals surface area contributed by atoms with Crippen molar-refractivity contribution in [1.82, 2.24) is 4.98 Å². The lowest BCUT2D eigenvalue weighted by atomic mass is 10.1. The molecule has 3 aromatic rings. The van der Waals surface area contributed by atoms with Crippen LogP contribution in [-0.2, 0) is 0 Å². The SMILES string of the molecule is O=C(O)c1cc(C(=O)O)cc(C(=O)Oc2cccc3cccnc23)c1. The Bertz CT molecular complexity index is 974. The highest BCUT2D eigenvalue weighted by Gasteiger charge is 2.17. The average Bonchev–Trinajstić information content (AvgIpc) is 2.61. The number of pyridine rings is 1. The monoisotopic (exact) mass is 337 g/mol. The van der Waals surface area contributed by atoms with Crippen LogP contribution in [0.1, 0.15) is 31.1 Å². The number of carbonyl (C=O) groups excluding carboxylic acids is 1. The van der Waals surface area contributed by atoms with E-state index in [9.17, 15) is 14.4 Å². The van der Waals surface area contributed by atoms with Crippen LogP contribution in [0.5, 0.6) is 5.75 Å². The van der Waals surface area contributed by atoms with Crippen LogP contribution in [-0.4, -0.2) is 33.1 Å². The molecule has 0 saturated carbocycles. The number of nitrogens with zero attached hydrogens (tertiary/aromatic N) is 1. The Kier molecular flexibility index (Phi) is 4.13. The van der Waals surface area contributed by atoms with Gasteiger partial charge in [0.25, 0.3) is 0 Å². The average molecular weight is 337 g/mol. The molecule has 2 N–H and O–H groups in total. The maximum Gasteiger partial charge on any atom is 0.343 e. The number of ether oxygens (including phenoxy) is 1. The van der Waals surface area contributed by atoms with Crippen molar-refractivity contribution in [2.45, 2.75) is 0 Å². The number of hydrogen-bond donors (Lipinski definition) is 2. The summed E-state index contributed by atoms with van der Waals surface area (Å²) < 4.78 is 5.30. The molecular weight excluding hydrogens is 326 g/mol. The molecule has 7 heteroatoms. The number of aromatic carboxylic acids is 2. The molecular formula is C18H11NO6. The zero-order valence-corrected chi connectivity index (χ0v) is 12.7. The van der Waals surface area contributed by atoms with Gasteiger partial charge in [0.1, 0.15) is 5.52 Å². The second kappa shape index (κ2) is 6.40. The maximum atomic E-state index is 12.4. The van der Waals surface area contributed by atoms with Crippen molar-refractivity contribution in [3.8, 4) is 5.75 Å². The molecule has 1 heterocycles. The Balaban J connectivity index is 2.00. The standard InChI is InChI=1S/C18H11NO6/c20-16(21)11-7-12(17(22)23)9-13(8-11)18(24)25-14-5-1-3-10-4-2-6-19-15(10)14/h1-9H,(H,20,21)(H,22,23). The topological polar surface area (TPSA) is 114 Å². The Labute approximate surface area is 141 Å². The molecule has 0 amide bonds. The fourth-order valence-electron chi connectivity index (χ4n) is 2.31. The fourth-order valence-corrected chi connectivity index (χ4v) is 2.31. The molecule has 124 valence electrons. The van der Waals surface area contributed by atoms with Gasteiger partial charge >= 0.3 is 17.9 Å². The van der Waals surface area contributed by atoms with E-state index in [4.69, 9.17) is 14.9 Å². The van der Waals surface area contributed by atoms with Gasteiger partial charge in [0, 0.05) is 11.6 Å². The highest BCUT2D eigenvalue weighted by atomic mass is 16.5. The predicted octanol–water partition coefficient (Wildman–Crippen LogP) is 2.85. The Hall–Kier alpha value is -3.74. The number of rotatable bonds is 4. The summed E-state index contributed by atoms with van der Waals surface area (Å²) >= 11 is 0. The summed E-state index contributed by atoms with van der Waals surface area (Å²) in [6.45, 7) is 0. The summed E-state index contributed by atoms with van der Waals surface area (Å²) in [5.74, 6) is -3.36. The van der Waals surface area contributed by atoms with Crippen molar-refractivity contribution in [3.05, 3.63) is 71.4 Å². The molecule has 0 radical (unpaired) electrons. The first-order chi connectivity index (χ1) is 12.0. The smallest absolute Gasteiger partial charge is 0.343 e. The number of carboxylic acid groups (broad SMARTS) is 2. The van der Waals surface area contributed by atoms with Crippen molar-refractivity contribution in [2.75, 3.05) is 0 Å². The zero-order chi connectivity index (χ0) is 18.0. The van der Waals surface area contributed by atoms with E-state index in [-0.39, 0.29) is 22.4 Å². The van der Waals surface area contributed by atoms with Crippen LogP contribution in [0.15, 0.2) is 54.7 Å². The van der Waals surface area contributed by atoms with Gasteiger partial charge in [-0.05, 0) is 30.3 Å². The number of hydrogen-bond acceptors (Lipinski definition) is 5. The first kappa shape index (κ1) is 16.1. The van der Waals surface area contributed by atoms with Gasteiger partial charge in [-0.3, -0.25) is 4.98 Å². The summed E-state index contributed by atoms with van der Waals surface area (Å²) in [5, 5.41) is 18.9. The maximum absolute atomic E-state index is 12.4. The highest BCUT2D eigenvalue weighted by Crippen LogP contribution is 2.24. The van der Waals surface area contributed by atoms with E-state index < -0.39 is 17.9 Å². The van der Waals surface area contributed by atoms with E-state index in [1.165, 1.54) is 0 Å². The van der Waals surface area contributed by atoms with Crippen LogP contribution in [0.3, 0.4) is 0 Å². The van der Waals surface area contributed by atoms with E-state index in [0.29, 0.717) is 5.52 Å². The number of aromatic nitrogens is 1. The lowest BCUT2D eigenvalue weighted by Gasteiger charge is -2.08. The molecule has 1 aromatic heterocycles. The molecule has 0 fully saturated rings. The van der Waals surface area contributed by atoms with Crippen molar-refractivity contribution in [2.24, 2.45) is 0 Å². The first-order valence-electron chi connectivity index (χ1n) is 7.13. The third-order valence-corrected chi connectivity index (χ3v) is 3.46. The molecule has 0 aliphatic carbocycles. The molecule has 0 unspecified atom stereocenters. The van der Waals surface area contributed by atoms with E-state index >= 15 is 0 Å². The Morgan fingerprint density at radius 1 is 0.840 bits per heavy atom. The van der Waals surface area contributed by atoms with Gasteiger partial charge < -0.3 is 14.9 Å². The Morgan fingerprint density at radius 2 is 1.44 bits per heavy atom. The van der Waals surface area contributed by atoms with Gasteiger partial charge in [-0.1, -0.05) is 18.2 Å². The van der Waals surface area contributed by atoms with Crippen molar-refractivity contribution in [1.29, 1.82) is 0 Å². The number of fused-ring (bicyclic) bond motifs is 1. The predicted molar refractivity (Wildman–Crippen MR) is 87.1 cm³/mol. The minimum atomic E-state index is -1.34. The molecule has 0 aliphatic heterocycles. The highest BCUT2D eigenvalue weighted by molar-refractivity contribution is 6.00. The summed E-state index contributed by atoms with van der Waals surface area (Å²) in [6.07, 6.45) is 1.55. The second-order valence-corrected chi connectivity index (χ2v) is 5.13. The van der Waals surface area contributed by atoms with Crippen LogP contribution in [0.2, 0.25) is 0 Å². The largest absolute Gasteiger partial charge is 0.478 e. The molecule has 0 atom stereocenters. The molecule has 0 aliphatic rings. The molecule has 2 aromatic carbocycles.